The molecule has 3 rings (SSSR count). The number of hydrogen-bond donors (Lipinski definition) is 3. The molecule has 0 spiro atoms. The van der Waals surface area contributed by atoms with E-state index in [1.807, 2.05) is 0 Å². The zero-order chi connectivity index (χ0) is 23.5. The number of fused-ring (bicyclic) bond motifs is 1. The van der Waals surface area contributed by atoms with Crippen molar-refractivity contribution in [1.29, 1.82) is 0 Å². The van der Waals surface area contributed by atoms with E-state index in [2.05, 4.69) is 15.0 Å². The summed E-state index contributed by atoms with van der Waals surface area (Å²) in [6.45, 7) is 0.659. The van der Waals surface area contributed by atoms with Crippen LogP contribution in [0.2, 0.25) is 0 Å². The molecule has 4 N–H and O–H groups in total. The van der Waals surface area contributed by atoms with Gasteiger partial charge in [-0.05, 0) is 31.2 Å². The van der Waals surface area contributed by atoms with Gasteiger partial charge in [0.1, 0.15) is 35.4 Å². The van der Waals surface area contributed by atoms with Gasteiger partial charge < -0.3 is 30.0 Å². The Balaban J connectivity index is 1.87. The summed E-state index contributed by atoms with van der Waals surface area (Å²) in [6, 6.07) is 6.28. The Morgan fingerprint density at radius 2 is 2.09 bits per heavy atom. The minimum Gasteiger partial charge on any atom is -0.489 e. The largest absolute Gasteiger partial charge is 0.489 e. The molecule has 0 saturated heterocycles. The van der Waals surface area contributed by atoms with Crippen LogP contribution in [0.15, 0.2) is 40.9 Å². The smallest absolute Gasteiger partial charge is 0.400 e. The van der Waals surface area contributed by atoms with E-state index in [0.29, 0.717) is 11.0 Å². The lowest BCUT2D eigenvalue weighted by Crippen LogP contribution is -2.46. The first-order valence-electron chi connectivity index (χ1n) is 9.42. The molecule has 11 heteroatoms. The van der Waals surface area contributed by atoms with Gasteiger partial charge in [0.05, 0.1) is 12.2 Å². The molecule has 32 heavy (non-hydrogen) atoms. The Kier molecular flexibility index (Phi) is 6.70. The van der Waals surface area contributed by atoms with Crippen LogP contribution in [0.1, 0.15) is 27.4 Å². The highest BCUT2D eigenvalue weighted by atomic mass is 19.3. The molecule has 2 amide bonds. The molecule has 9 nitrogen and oxygen atoms in total. The number of benzene rings is 1. The number of alkyl halides is 2. The van der Waals surface area contributed by atoms with Crippen molar-refractivity contribution in [2.45, 2.75) is 25.7 Å². The van der Waals surface area contributed by atoms with E-state index in [1.165, 1.54) is 24.4 Å². The van der Waals surface area contributed by atoms with Gasteiger partial charge in [0, 0.05) is 24.3 Å². The fraction of sp³-hybridized carbons (Fsp3) is 0.286. The van der Waals surface area contributed by atoms with Crippen molar-refractivity contribution in [2.24, 2.45) is 5.73 Å². The number of halogens is 2. The van der Waals surface area contributed by atoms with E-state index in [0.717, 1.165) is 7.11 Å². The highest BCUT2D eigenvalue weighted by Gasteiger charge is 2.35. The number of primary amides is 1. The number of pyridine rings is 1. The summed E-state index contributed by atoms with van der Waals surface area (Å²) in [4.78, 5) is 27.7. The topological polar surface area (TPSA) is 137 Å². The predicted octanol–water partition coefficient (Wildman–Crippen LogP) is 1.99. The summed E-state index contributed by atoms with van der Waals surface area (Å²) >= 11 is 0. The Morgan fingerprint density at radius 1 is 1.34 bits per heavy atom. The molecular weight excluding hydrogens is 428 g/mol. The normalized spacial score (nSPS) is 12.5. The number of aryl methyl sites for hydroxylation is 1. The number of methoxy groups -OCH3 is 1. The van der Waals surface area contributed by atoms with E-state index in [1.54, 1.807) is 19.1 Å². The summed E-state index contributed by atoms with van der Waals surface area (Å²) in [7, 11) is 0.876. The van der Waals surface area contributed by atoms with E-state index >= 15 is 0 Å². The Hall–Kier alpha value is -3.57. The fourth-order valence-electron chi connectivity index (χ4n) is 3.08. The lowest BCUT2D eigenvalue weighted by molar-refractivity contribution is -0.235. The van der Waals surface area contributed by atoms with Gasteiger partial charge in [-0.15, -0.1) is 0 Å². The van der Waals surface area contributed by atoms with Crippen molar-refractivity contribution in [3.05, 3.63) is 59.1 Å². The fourth-order valence-corrected chi connectivity index (χ4v) is 3.08. The third-order valence-electron chi connectivity index (χ3n) is 4.71. The number of furan rings is 1. The molecule has 0 aliphatic rings. The van der Waals surface area contributed by atoms with Gasteiger partial charge in [0.2, 0.25) is 5.91 Å². The lowest BCUT2D eigenvalue weighted by atomic mass is 10.1. The predicted molar refractivity (Wildman–Crippen MR) is 108 cm³/mol. The second kappa shape index (κ2) is 9.28. The number of aliphatic hydroxyl groups is 1. The van der Waals surface area contributed by atoms with E-state index in [4.69, 9.17) is 14.9 Å². The third kappa shape index (κ3) is 4.68. The van der Waals surface area contributed by atoms with Gasteiger partial charge in [-0.2, -0.15) is 8.78 Å². The average molecular weight is 449 g/mol. The number of carbonyl (C=O) groups excluding carboxylic acids is 2. The number of nitrogens with two attached hydrogens (primary N) is 1. The van der Waals surface area contributed by atoms with Crippen LogP contribution in [-0.2, 0) is 22.2 Å². The zero-order valence-corrected chi connectivity index (χ0v) is 17.2. The number of nitrogens with zero attached hydrogens (tertiary/aromatic N) is 1. The number of aromatic nitrogens is 1. The second-order valence-electron chi connectivity index (χ2n) is 6.82. The lowest BCUT2D eigenvalue weighted by Gasteiger charge is -2.17. The summed E-state index contributed by atoms with van der Waals surface area (Å²) < 4.78 is 43.4. The molecule has 0 radical (unpaired) electrons. The van der Waals surface area contributed by atoms with Crippen molar-refractivity contribution in [2.75, 3.05) is 13.7 Å². The molecule has 1 atom stereocenters. The van der Waals surface area contributed by atoms with Gasteiger partial charge in [-0.3, -0.25) is 14.6 Å². The molecule has 0 bridgehead atoms. The summed E-state index contributed by atoms with van der Waals surface area (Å²) in [5, 5.41) is 11.9. The molecule has 2 heterocycles. The molecule has 0 fully saturated rings. The van der Waals surface area contributed by atoms with Crippen molar-refractivity contribution >= 4 is 22.8 Å². The molecule has 0 unspecified atom stereocenters. The standard InChI is InChI=1S/C21H21F2N3O6/c1-11-17(20(29)26-15(9-27)19(24)28)14-8-13(5-6-16(14)32-11)31-10-12-4-3-7-25-18(12)21(22,23)30-2/h3-8,15,27H,9-10H2,1-2H3,(H2,24,28)(H,26,29)/t15-/m0/s1. The zero-order valence-electron chi connectivity index (χ0n) is 17.2. The van der Waals surface area contributed by atoms with Crippen molar-refractivity contribution in [1.82, 2.24) is 10.3 Å². The maximum Gasteiger partial charge on any atom is 0.400 e. The summed E-state index contributed by atoms with van der Waals surface area (Å²) in [5.41, 5.74) is 5.19. The minimum atomic E-state index is -3.58. The van der Waals surface area contributed by atoms with Crippen LogP contribution in [0.4, 0.5) is 8.78 Å². The highest BCUT2D eigenvalue weighted by molar-refractivity contribution is 6.08. The number of nitrogens with one attached hydrogen (secondary N) is 1. The number of aliphatic hydroxyl groups excluding tert-OH is 1. The van der Waals surface area contributed by atoms with Crippen molar-refractivity contribution in [3.8, 4) is 5.75 Å². The quantitative estimate of drug-likeness (QED) is 0.454. The Morgan fingerprint density at radius 3 is 2.75 bits per heavy atom. The van der Waals surface area contributed by atoms with Crippen LogP contribution >= 0.6 is 0 Å². The summed E-state index contributed by atoms with van der Waals surface area (Å²) in [5.74, 6) is -1.03. The van der Waals surface area contributed by atoms with E-state index in [-0.39, 0.29) is 29.2 Å². The van der Waals surface area contributed by atoms with Crippen molar-refractivity contribution < 1.29 is 37.4 Å². The molecule has 0 aliphatic carbocycles. The second-order valence-corrected chi connectivity index (χ2v) is 6.82. The maximum absolute atomic E-state index is 14.0. The maximum atomic E-state index is 14.0. The average Bonchev–Trinajstić information content (AvgIpc) is 3.10. The number of carbonyl (C=O) groups is 2. The number of rotatable bonds is 9. The molecule has 0 aliphatic heterocycles. The van der Waals surface area contributed by atoms with Gasteiger partial charge in [0.25, 0.3) is 5.91 Å². The molecule has 2 aromatic heterocycles. The number of hydrogen-bond acceptors (Lipinski definition) is 7. The van der Waals surface area contributed by atoms with Gasteiger partial charge in [-0.1, -0.05) is 6.07 Å². The molecule has 1 aromatic carbocycles. The van der Waals surface area contributed by atoms with Crippen LogP contribution in [0.5, 0.6) is 5.75 Å². The van der Waals surface area contributed by atoms with Crippen LogP contribution in [0.25, 0.3) is 11.0 Å². The third-order valence-corrected chi connectivity index (χ3v) is 4.71. The van der Waals surface area contributed by atoms with Gasteiger partial charge >= 0.3 is 6.11 Å². The SMILES string of the molecule is COC(F)(F)c1ncccc1COc1ccc2oc(C)c(C(=O)N[C@@H](CO)C(N)=O)c2c1. The van der Waals surface area contributed by atoms with Crippen LogP contribution in [0.3, 0.4) is 0 Å². The summed E-state index contributed by atoms with van der Waals surface area (Å²) in [6.07, 6.45) is -2.36. The van der Waals surface area contributed by atoms with Gasteiger partial charge in [-0.25, -0.2) is 0 Å². The van der Waals surface area contributed by atoms with Crippen LogP contribution in [0, 0.1) is 6.92 Å². The monoisotopic (exact) mass is 449 g/mol. The minimum absolute atomic E-state index is 0.119. The number of ether oxygens (including phenoxy) is 2. The molecular formula is C21H21F2N3O6. The molecule has 170 valence electrons. The van der Waals surface area contributed by atoms with Crippen LogP contribution < -0.4 is 15.8 Å². The first-order valence-corrected chi connectivity index (χ1v) is 9.42. The van der Waals surface area contributed by atoms with E-state index in [9.17, 15) is 23.5 Å². The first kappa shape index (κ1) is 23.1. The van der Waals surface area contributed by atoms with Crippen molar-refractivity contribution in [3.63, 3.8) is 0 Å². The Bertz CT molecular complexity index is 1150. The number of amides is 2. The Labute approximate surface area is 181 Å². The molecule has 3 aromatic rings. The van der Waals surface area contributed by atoms with E-state index < -0.39 is 36.3 Å². The highest BCUT2D eigenvalue weighted by Crippen LogP contribution is 2.32. The van der Waals surface area contributed by atoms with Crippen LogP contribution in [-0.4, -0.2) is 41.7 Å². The molecule has 0 saturated carbocycles. The first-order chi connectivity index (χ1) is 15.2. The van der Waals surface area contributed by atoms with Gasteiger partial charge in [0.15, 0.2) is 0 Å².